The molecule has 0 heterocycles. The average Bonchev–Trinajstić information content (AvgIpc) is 2.00. The van der Waals surface area contributed by atoms with Gasteiger partial charge in [-0.05, 0) is 12.0 Å². The second-order valence-corrected chi connectivity index (χ2v) is 4.15. The van der Waals surface area contributed by atoms with Crippen molar-refractivity contribution in [3.8, 4) is 0 Å². The molecular weight excluding hydrogens is 208 g/mol. The third-order valence-corrected chi connectivity index (χ3v) is 1.87. The van der Waals surface area contributed by atoms with Gasteiger partial charge in [0, 0.05) is 0 Å². The number of nitrogens with one attached hydrogen (secondary N) is 1. The van der Waals surface area contributed by atoms with Crippen molar-refractivity contribution in [2.75, 3.05) is 6.61 Å². The monoisotopic (exact) mass is 224 g/mol. The molecule has 0 bridgehead atoms. The third-order valence-electron chi connectivity index (χ3n) is 0.968. The minimum Gasteiger partial charge on any atom is -0.344 e. The van der Waals surface area contributed by atoms with E-state index in [1.807, 2.05) is 0 Å². The molecule has 0 atom stereocenters. The Morgan fingerprint density at radius 2 is 2.07 bits per heavy atom. The maximum absolute atomic E-state index is 10.9. The number of amides is 1. The zero-order valence-corrected chi connectivity index (χ0v) is 9.13. The predicted molar refractivity (Wildman–Crippen MR) is 53.1 cm³/mol. The molecule has 0 aliphatic rings. The van der Waals surface area contributed by atoms with Gasteiger partial charge in [-0.25, -0.2) is 4.72 Å². The van der Waals surface area contributed by atoms with Crippen molar-refractivity contribution >= 4 is 16.2 Å². The molecule has 0 fully saturated rings. The Morgan fingerprint density at radius 1 is 1.57 bits per heavy atom. The van der Waals surface area contributed by atoms with Gasteiger partial charge in [0.25, 0.3) is 5.91 Å². The maximum atomic E-state index is 10.9. The summed E-state index contributed by atoms with van der Waals surface area (Å²) in [6.45, 7) is 6.74. The summed E-state index contributed by atoms with van der Waals surface area (Å²) in [7, 11) is -3.96. The van der Waals surface area contributed by atoms with E-state index in [0.717, 1.165) is 6.08 Å². The molecule has 0 aliphatic heterocycles. The summed E-state index contributed by atoms with van der Waals surface area (Å²) in [6, 6.07) is 0. The first kappa shape index (κ1) is 15.5. The quantitative estimate of drug-likeness (QED) is 0.656. The molecule has 6 nitrogen and oxygen atoms in total. The van der Waals surface area contributed by atoms with E-state index in [1.54, 1.807) is 18.6 Å². The van der Waals surface area contributed by atoms with Crippen LogP contribution in [0.25, 0.3) is 0 Å². The van der Waals surface area contributed by atoms with Crippen LogP contribution < -0.4 is 10.9 Å². The number of hydrogen-bond donors (Lipinski definition) is 2. The van der Waals surface area contributed by atoms with Crippen molar-refractivity contribution in [2.24, 2.45) is 5.92 Å². The molecule has 0 aliphatic carbocycles. The normalized spacial score (nSPS) is 10.5. The molecule has 84 valence electrons. The Hall–Kier alpha value is -0.920. The molecule has 0 radical (unpaired) electrons. The SMILES string of the molecule is C=CC(=O)NS(=O)(=O)OCC(C)C.N. The van der Waals surface area contributed by atoms with Crippen molar-refractivity contribution < 1.29 is 17.4 Å². The van der Waals surface area contributed by atoms with Crippen LogP contribution in [0, 0.1) is 5.92 Å². The van der Waals surface area contributed by atoms with Crippen LogP contribution in [-0.2, 0) is 19.3 Å². The average molecular weight is 224 g/mol. The smallest absolute Gasteiger partial charge is 0.344 e. The highest BCUT2D eigenvalue weighted by atomic mass is 32.2. The Bertz CT molecular complexity index is 284. The minimum absolute atomic E-state index is 0. The van der Waals surface area contributed by atoms with Gasteiger partial charge in [0.05, 0.1) is 6.61 Å². The van der Waals surface area contributed by atoms with Crippen molar-refractivity contribution in [1.29, 1.82) is 0 Å². The van der Waals surface area contributed by atoms with E-state index in [1.165, 1.54) is 0 Å². The van der Waals surface area contributed by atoms with Gasteiger partial charge in [-0.15, -0.1) is 0 Å². The summed E-state index contributed by atoms with van der Waals surface area (Å²) in [4.78, 5) is 10.6. The lowest BCUT2D eigenvalue weighted by molar-refractivity contribution is -0.114. The Kier molecular flexibility index (Phi) is 7.24. The van der Waals surface area contributed by atoms with Crippen molar-refractivity contribution in [3.05, 3.63) is 12.7 Å². The molecule has 1 amide bonds. The fraction of sp³-hybridized carbons (Fsp3) is 0.571. The fourth-order valence-electron chi connectivity index (χ4n) is 0.420. The molecule has 0 aromatic heterocycles. The standard InChI is InChI=1S/C7H13NO4S.H3N/c1-4-7(9)8-13(10,11)12-5-6(2)3;/h4,6H,1,5H2,2-3H3,(H,8,9);1H3. The first-order chi connectivity index (χ1) is 5.87. The molecule has 7 heteroatoms. The van der Waals surface area contributed by atoms with Gasteiger partial charge in [0.1, 0.15) is 0 Å². The number of carbonyl (C=O) groups excluding carboxylic acids is 1. The van der Waals surface area contributed by atoms with Gasteiger partial charge in [-0.2, -0.15) is 8.42 Å². The van der Waals surface area contributed by atoms with Crippen LogP contribution in [0.2, 0.25) is 0 Å². The first-order valence-electron chi connectivity index (χ1n) is 3.71. The van der Waals surface area contributed by atoms with Gasteiger partial charge >= 0.3 is 10.3 Å². The van der Waals surface area contributed by atoms with E-state index < -0.39 is 16.2 Å². The molecule has 0 aromatic carbocycles. The summed E-state index contributed by atoms with van der Waals surface area (Å²) in [5.74, 6) is -0.723. The summed E-state index contributed by atoms with van der Waals surface area (Å²) in [5, 5.41) is 0. The molecule has 0 unspecified atom stereocenters. The summed E-state index contributed by atoms with van der Waals surface area (Å²) >= 11 is 0. The third kappa shape index (κ3) is 7.71. The second kappa shape index (κ2) is 6.52. The molecule has 0 rings (SSSR count). The molecule has 0 saturated heterocycles. The van der Waals surface area contributed by atoms with Crippen molar-refractivity contribution in [3.63, 3.8) is 0 Å². The largest absolute Gasteiger partial charge is 0.362 e. The highest BCUT2D eigenvalue weighted by Crippen LogP contribution is 1.96. The lowest BCUT2D eigenvalue weighted by Gasteiger charge is -2.06. The van der Waals surface area contributed by atoms with Crippen LogP contribution in [-0.4, -0.2) is 20.9 Å². The van der Waals surface area contributed by atoms with E-state index in [2.05, 4.69) is 10.8 Å². The Morgan fingerprint density at radius 3 is 2.43 bits per heavy atom. The molecule has 14 heavy (non-hydrogen) atoms. The van der Waals surface area contributed by atoms with E-state index in [0.29, 0.717) is 0 Å². The summed E-state index contributed by atoms with van der Waals surface area (Å²) in [6.07, 6.45) is 0.857. The van der Waals surface area contributed by atoms with E-state index >= 15 is 0 Å². The van der Waals surface area contributed by atoms with Crippen LogP contribution in [0.15, 0.2) is 12.7 Å². The second-order valence-electron chi connectivity index (χ2n) is 2.80. The van der Waals surface area contributed by atoms with Crippen LogP contribution in [0.1, 0.15) is 13.8 Å². The fourth-order valence-corrected chi connectivity index (χ4v) is 1.26. The molecule has 0 aromatic rings. The zero-order valence-electron chi connectivity index (χ0n) is 8.32. The minimum atomic E-state index is -3.96. The van der Waals surface area contributed by atoms with E-state index in [4.69, 9.17) is 0 Å². The Balaban J connectivity index is 0. The number of rotatable bonds is 5. The van der Waals surface area contributed by atoms with Gasteiger partial charge < -0.3 is 6.15 Å². The van der Waals surface area contributed by atoms with Gasteiger partial charge in [0.15, 0.2) is 0 Å². The first-order valence-corrected chi connectivity index (χ1v) is 5.12. The molecule has 0 spiro atoms. The number of carbonyl (C=O) groups is 1. The maximum Gasteiger partial charge on any atom is 0.362 e. The Labute approximate surface area is 84.2 Å². The van der Waals surface area contributed by atoms with Gasteiger partial charge in [0.2, 0.25) is 0 Å². The van der Waals surface area contributed by atoms with Gasteiger partial charge in [-0.3, -0.25) is 8.98 Å². The van der Waals surface area contributed by atoms with Gasteiger partial charge in [-0.1, -0.05) is 20.4 Å². The molecule has 0 saturated carbocycles. The van der Waals surface area contributed by atoms with Crippen molar-refractivity contribution in [1.82, 2.24) is 10.9 Å². The summed E-state index contributed by atoms with van der Waals surface area (Å²) in [5.41, 5.74) is 0. The predicted octanol–water partition coefficient (Wildman–Crippen LogP) is 0.368. The highest BCUT2D eigenvalue weighted by molar-refractivity contribution is 7.85. The van der Waals surface area contributed by atoms with E-state index in [-0.39, 0.29) is 18.7 Å². The van der Waals surface area contributed by atoms with Crippen LogP contribution in [0.3, 0.4) is 0 Å². The lowest BCUT2D eigenvalue weighted by Crippen LogP contribution is -2.31. The van der Waals surface area contributed by atoms with Crippen LogP contribution in [0.5, 0.6) is 0 Å². The van der Waals surface area contributed by atoms with Crippen LogP contribution in [0.4, 0.5) is 0 Å². The molecular formula is C7H16N2O4S. The lowest BCUT2D eigenvalue weighted by atomic mass is 10.2. The zero-order chi connectivity index (χ0) is 10.5. The highest BCUT2D eigenvalue weighted by Gasteiger charge is 2.13. The molecule has 4 N–H and O–H groups in total. The topological polar surface area (TPSA) is 107 Å². The van der Waals surface area contributed by atoms with Crippen LogP contribution >= 0.6 is 0 Å². The summed E-state index contributed by atoms with van der Waals surface area (Å²) < 4.78 is 27.9. The van der Waals surface area contributed by atoms with E-state index in [9.17, 15) is 13.2 Å². The number of hydrogen-bond acceptors (Lipinski definition) is 5. The van der Waals surface area contributed by atoms with Crippen molar-refractivity contribution in [2.45, 2.75) is 13.8 Å².